The second kappa shape index (κ2) is 5.88. The van der Waals surface area contributed by atoms with Gasteiger partial charge in [0.25, 0.3) is 10.0 Å². The van der Waals surface area contributed by atoms with Gasteiger partial charge < -0.3 is 10.2 Å². The molecule has 24 heavy (non-hydrogen) atoms. The van der Waals surface area contributed by atoms with Crippen molar-refractivity contribution in [3.63, 3.8) is 0 Å². The van der Waals surface area contributed by atoms with Crippen LogP contribution in [0.15, 0.2) is 33.6 Å². The highest BCUT2D eigenvalue weighted by atomic mass is 32.2. The van der Waals surface area contributed by atoms with Crippen molar-refractivity contribution in [2.24, 2.45) is 16.2 Å². The number of carbonyl (C=O) groups is 1. The van der Waals surface area contributed by atoms with Crippen molar-refractivity contribution in [2.45, 2.75) is 30.6 Å². The zero-order valence-electron chi connectivity index (χ0n) is 13.4. The van der Waals surface area contributed by atoms with Gasteiger partial charge in [0.1, 0.15) is 4.90 Å². The van der Waals surface area contributed by atoms with Crippen LogP contribution in [0.5, 0.6) is 0 Å². The molecule has 1 saturated carbocycles. The van der Waals surface area contributed by atoms with Crippen LogP contribution >= 0.6 is 0 Å². The molecule has 7 heteroatoms. The van der Waals surface area contributed by atoms with Crippen molar-refractivity contribution in [1.29, 1.82) is 0 Å². The molecule has 6 nitrogen and oxygen atoms in total. The Hall–Kier alpha value is -1.89. The summed E-state index contributed by atoms with van der Waals surface area (Å²) in [6, 6.07) is 6.90. The zero-order valence-corrected chi connectivity index (χ0v) is 14.3. The topological polar surface area (TPSA) is 78.8 Å². The molecular formula is C17H21N3O3S. The highest BCUT2D eigenvalue weighted by Crippen LogP contribution is 2.30. The maximum atomic E-state index is 12.4. The number of amidine groups is 1. The van der Waals surface area contributed by atoms with Crippen molar-refractivity contribution >= 4 is 21.8 Å². The number of nitrogens with one attached hydrogen (secondary N) is 1. The van der Waals surface area contributed by atoms with Gasteiger partial charge in [-0.25, -0.2) is 0 Å². The van der Waals surface area contributed by atoms with E-state index in [1.54, 1.807) is 18.2 Å². The summed E-state index contributed by atoms with van der Waals surface area (Å²) in [4.78, 5) is 14.6. The molecule has 0 unspecified atom stereocenters. The Bertz CT molecular complexity index is 799. The first-order valence-electron chi connectivity index (χ1n) is 8.51. The number of carbonyl (C=O) groups excluding carboxylic acids is 1. The van der Waals surface area contributed by atoms with Crippen molar-refractivity contribution in [3.05, 3.63) is 29.8 Å². The maximum absolute atomic E-state index is 12.4. The van der Waals surface area contributed by atoms with Crippen LogP contribution in [0, 0.1) is 11.8 Å². The second-order valence-corrected chi connectivity index (χ2v) is 8.43. The summed E-state index contributed by atoms with van der Waals surface area (Å²) < 4.78 is 28.4. The van der Waals surface area contributed by atoms with E-state index in [1.807, 2.05) is 11.0 Å². The van der Waals surface area contributed by atoms with E-state index < -0.39 is 10.0 Å². The minimum Gasteiger partial charge on any atom is -0.356 e. The molecule has 0 bridgehead atoms. The molecule has 1 N–H and O–H groups in total. The minimum atomic E-state index is -3.61. The third kappa shape index (κ3) is 2.92. The van der Waals surface area contributed by atoms with E-state index in [4.69, 9.17) is 0 Å². The number of piperidine rings is 1. The van der Waals surface area contributed by atoms with E-state index in [0.29, 0.717) is 23.9 Å². The van der Waals surface area contributed by atoms with E-state index in [0.717, 1.165) is 25.9 Å². The second-order valence-electron chi connectivity index (χ2n) is 6.86. The van der Waals surface area contributed by atoms with Gasteiger partial charge in [0.15, 0.2) is 5.84 Å². The normalized spacial score (nSPS) is 25.1. The van der Waals surface area contributed by atoms with E-state index >= 15 is 0 Å². The smallest absolute Gasteiger partial charge is 0.285 e. The summed E-state index contributed by atoms with van der Waals surface area (Å²) in [5.74, 6) is 1.13. The molecule has 1 saturated heterocycles. The lowest BCUT2D eigenvalue weighted by Crippen LogP contribution is -2.45. The highest BCUT2D eigenvalue weighted by molar-refractivity contribution is 7.90. The lowest BCUT2D eigenvalue weighted by Gasteiger charge is -2.33. The van der Waals surface area contributed by atoms with Crippen LogP contribution < -0.4 is 5.32 Å². The van der Waals surface area contributed by atoms with Gasteiger partial charge in [-0.2, -0.15) is 8.42 Å². The van der Waals surface area contributed by atoms with Crippen LogP contribution in [0.3, 0.4) is 0 Å². The molecule has 2 fully saturated rings. The molecule has 0 aromatic heterocycles. The number of benzene rings is 1. The number of hydrogen-bond acceptors (Lipinski definition) is 4. The number of sulfonamides is 1. The SMILES string of the molecule is O=C(NCC1CC1)[C@H]1CCCN(C2=NS(=O)(=O)c3ccccc32)C1. The summed E-state index contributed by atoms with van der Waals surface area (Å²) >= 11 is 0. The van der Waals surface area contributed by atoms with Crippen LogP contribution in [-0.4, -0.2) is 44.7 Å². The van der Waals surface area contributed by atoms with Gasteiger partial charge in [0, 0.05) is 25.2 Å². The molecule has 2 aliphatic heterocycles. The van der Waals surface area contributed by atoms with Crippen LogP contribution in [0.4, 0.5) is 0 Å². The molecule has 0 radical (unpaired) electrons. The van der Waals surface area contributed by atoms with Gasteiger partial charge in [0.2, 0.25) is 5.91 Å². The van der Waals surface area contributed by atoms with E-state index in [9.17, 15) is 13.2 Å². The molecule has 1 aromatic carbocycles. The number of likely N-dealkylation sites (tertiary alicyclic amines) is 1. The first kappa shape index (κ1) is 15.6. The third-order valence-electron chi connectivity index (χ3n) is 4.97. The molecule has 1 aliphatic carbocycles. The largest absolute Gasteiger partial charge is 0.356 e. The monoisotopic (exact) mass is 347 g/mol. The maximum Gasteiger partial charge on any atom is 0.285 e. The van der Waals surface area contributed by atoms with Crippen LogP contribution in [0.2, 0.25) is 0 Å². The fraction of sp³-hybridized carbons (Fsp3) is 0.529. The molecule has 4 rings (SSSR count). The first-order valence-corrected chi connectivity index (χ1v) is 9.95. The Kier molecular flexibility index (Phi) is 3.83. The van der Waals surface area contributed by atoms with Crippen molar-refractivity contribution in [3.8, 4) is 0 Å². The van der Waals surface area contributed by atoms with E-state index in [2.05, 4.69) is 9.71 Å². The minimum absolute atomic E-state index is 0.0846. The predicted octanol–water partition coefficient (Wildman–Crippen LogP) is 1.37. The van der Waals surface area contributed by atoms with Gasteiger partial charge in [0.05, 0.1) is 5.92 Å². The Labute approximate surface area is 142 Å². The summed E-state index contributed by atoms with van der Waals surface area (Å²) in [5.41, 5.74) is 0.650. The van der Waals surface area contributed by atoms with Gasteiger partial charge in [-0.15, -0.1) is 4.40 Å². The fourth-order valence-electron chi connectivity index (χ4n) is 3.41. The number of hydrogen-bond donors (Lipinski definition) is 1. The Balaban J connectivity index is 1.51. The molecular weight excluding hydrogens is 326 g/mol. The van der Waals surface area contributed by atoms with Crippen LogP contribution in [0.25, 0.3) is 0 Å². The zero-order chi connectivity index (χ0) is 16.7. The molecule has 0 spiro atoms. The number of amides is 1. The average Bonchev–Trinajstić information content (AvgIpc) is 3.38. The Morgan fingerprint density at radius 1 is 1.25 bits per heavy atom. The molecule has 1 amide bonds. The molecule has 128 valence electrons. The lowest BCUT2D eigenvalue weighted by molar-refractivity contribution is -0.126. The number of nitrogens with zero attached hydrogens (tertiary/aromatic N) is 2. The van der Waals surface area contributed by atoms with Crippen molar-refractivity contribution in [2.75, 3.05) is 19.6 Å². The first-order chi connectivity index (χ1) is 11.5. The van der Waals surface area contributed by atoms with Gasteiger partial charge in [-0.3, -0.25) is 4.79 Å². The fourth-order valence-corrected chi connectivity index (χ4v) is 4.64. The molecule has 1 aromatic rings. The van der Waals surface area contributed by atoms with E-state index in [1.165, 1.54) is 12.8 Å². The number of fused-ring (bicyclic) bond motifs is 1. The van der Waals surface area contributed by atoms with Crippen molar-refractivity contribution in [1.82, 2.24) is 10.2 Å². The summed E-state index contributed by atoms with van der Waals surface area (Å²) in [5, 5.41) is 3.04. The standard InChI is InChI=1S/C17H21N3O3S/c21-17(18-10-12-7-8-12)13-4-3-9-20(11-13)16-14-5-1-2-6-15(14)24(22,23)19-16/h1-2,5-6,12-13H,3-4,7-11H2,(H,18,21)/t13-/m0/s1. The highest BCUT2D eigenvalue weighted by Gasteiger charge is 2.35. The van der Waals surface area contributed by atoms with Crippen LogP contribution in [0.1, 0.15) is 31.2 Å². The lowest BCUT2D eigenvalue weighted by atomic mass is 9.96. The van der Waals surface area contributed by atoms with Gasteiger partial charge in [-0.05, 0) is 43.7 Å². The molecule has 2 heterocycles. The van der Waals surface area contributed by atoms with Crippen LogP contribution in [-0.2, 0) is 14.8 Å². The predicted molar refractivity (Wildman–Crippen MR) is 90.2 cm³/mol. The number of rotatable bonds is 3. The third-order valence-corrected chi connectivity index (χ3v) is 6.29. The summed E-state index contributed by atoms with van der Waals surface area (Å²) in [6.07, 6.45) is 4.13. The molecule has 3 aliphatic rings. The summed E-state index contributed by atoms with van der Waals surface area (Å²) in [6.45, 7) is 2.03. The average molecular weight is 347 g/mol. The Morgan fingerprint density at radius 3 is 2.83 bits per heavy atom. The van der Waals surface area contributed by atoms with Gasteiger partial charge in [-0.1, -0.05) is 12.1 Å². The Morgan fingerprint density at radius 2 is 2.04 bits per heavy atom. The van der Waals surface area contributed by atoms with Gasteiger partial charge >= 0.3 is 0 Å². The molecule has 1 atom stereocenters. The van der Waals surface area contributed by atoms with Crippen molar-refractivity contribution < 1.29 is 13.2 Å². The van der Waals surface area contributed by atoms with E-state index in [-0.39, 0.29) is 16.7 Å². The summed E-state index contributed by atoms with van der Waals surface area (Å²) in [7, 11) is -3.61. The quantitative estimate of drug-likeness (QED) is 0.896.